The first-order chi connectivity index (χ1) is 8.07. The van der Waals surface area contributed by atoms with E-state index >= 15 is 0 Å². The van der Waals surface area contributed by atoms with Crippen molar-refractivity contribution < 1.29 is 23.0 Å². The van der Waals surface area contributed by atoms with Crippen LogP contribution in [0.5, 0.6) is 0 Å². The van der Waals surface area contributed by atoms with E-state index in [1.165, 1.54) is 0 Å². The molecule has 11 heteroatoms. The van der Waals surface area contributed by atoms with E-state index in [1.807, 2.05) is 0 Å². The van der Waals surface area contributed by atoms with Crippen LogP contribution in [0.4, 0.5) is 13.2 Å². The molecule has 0 aromatic heterocycles. The first kappa shape index (κ1) is 15.2. The topological polar surface area (TPSA) is 86.3 Å². The minimum absolute atomic E-state index is 0.955. The molecular weight excluding hydrogens is 304 g/mol. The lowest BCUT2D eigenvalue weighted by Gasteiger charge is -2.34. The summed E-state index contributed by atoms with van der Waals surface area (Å²) >= 11 is 10.9. The number of halogens is 5. The van der Waals surface area contributed by atoms with Crippen LogP contribution in [-0.4, -0.2) is 38.9 Å². The lowest BCUT2D eigenvalue weighted by Crippen LogP contribution is -2.57. The van der Waals surface area contributed by atoms with Gasteiger partial charge in [0.15, 0.2) is 5.38 Å². The molecule has 0 amide bonds. The van der Waals surface area contributed by atoms with Crippen LogP contribution < -0.4 is 0 Å². The van der Waals surface area contributed by atoms with E-state index in [0.29, 0.717) is 0 Å². The number of nitro groups is 2. The molecule has 0 radical (unpaired) electrons. The van der Waals surface area contributed by atoms with E-state index in [4.69, 9.17) is 23.2 Å². The van der Waals surface area contributed by atoms with Crippen LogP contribution >= 0.6 is 23.2 Å². The smallest absolute Gasteiger partial charge is 0.264 e. The fourth-order valence-electron chi connectivity index (χ4n) is 1.91. The Morgan fingerprint density at radius 2 is 1.56 bits per heavy atom. The van der Waals surface area contributed by atoms with Crippen molar-refractivity contribution in [2.24, 2.45) is 5.92 Å². The molecule has 18 heavy (non-hydrogen) atoms. The third-order valence-corrected chi connectivity index (χ3v) is 3.95. The van der Waals surface area contributed by atoms with E-state index in [9.17, 15) is 33.4 Å². The average molecular weight is 311 g/mol. The zero-order valence-electron chi connectivity index (χ0n) is 8.51. The monoisotopic (exact) mass is 310 g/mol. The van der Waals surface area contributed by atoms with Gasteiger partial charge in [-0.1, -0.05) is 0 Å². The number of rotatable bonds is 2. The van der Waals surface area contributed by atoms with E-state index in [-0.39, 0.29) is 0 Å². The van der Waals surface area contributed by atoms with Crippen LogP contribution in [0, 0.1) is 26.1 Å². The normalized spacial score (nSPS) is 37.3. The highest BCUT2D eigenvalue weighted by Crippen LogP contribution is 2.43. The van der Waals surface area contributed by atoms with Crippen LogP contribution in [0.25, 0.3) is 0 Å². The van der Waals surface area contributed by atoms with Crippen molar-refractivity contribution in [3.63, 3.8) is 0 Å². The molecule has 1 saturated carbocycles. The quantitative estimate of drug-likeness (QED) is 0.444. The third kappa shape index (κ3) is 2.77. The van der Waals surface area contributed by atoms with Crippen molar-refractivity contribution in [3.05, 3.63) is 20.2 Å². The molecule has 0 saturated heterocycles. The van der Waals surface area contributed by atoms with Crippen LogP contribution in [0.3, 0.4) is 0 Å². The summed E-state index contributed by atoms with van der Waals surface area (Å²) in [5.74, 6) is -2.32. The average Bonchev–Trinajstić information content (AvgIpc) is 2.13. The Bertz CT molecular complexity index is 367. The molecule has 6 nitrogen and oxygen atoms in total. The molecule has 5 atom stereocenters. The summed E-state index contributed by atoms with van der Waals surface area (Å²) in [6.07, 6.45) is -5.80. The Hall–Kier alpha value is -0.830. The molecule has 1 aliphatic rings. The highest BCUT2D eigenvalue weighted by atomic mass is 35.5. The highest BCUT2D eigenvalue weighted by molar-refractivity contribution is 6.25. The number of alkyl halides is 5. The van der Waals surface area contributed by atoms with Crippen molar-refractivity contribution in [2.75, 3.05) is 0 Å². The van der Waals surface area contributed by atoms with Gasteiger partial charge < -0.3 is 0 Å². The lowest BCUT2D eigenvalue weighted by atomic mass is 9.81. The Morgan fingerprint density at radius 1 is 1.06 bits per heavy atom. The second kappa shape index (κ2) is 5.04. The summed E-state index contributed by atoms with van der Waals surface area (Å²) in [6, 6.07) is -3.85. The van der Waals surface area contributed by atoms with Crippen molar-refractivity contribution >= 4 is 23.2 Å². The first-order valence-corrected chi connectivity index (χ1v) is 5.56. The molecule has 104 valence electrons. The molecule has 1 fully saturated rings. The maximum Gasteiger partial charge on any atom is 0.393 e. The molecular formula is C7H7Cl2F3N2O4. The van der Waals surface area contributed by atoms with Gasteiger partial charge in [-0.3, -0.25) is 20.2 Å². The number of hydrogen-bond acceptors (Lipinski definition) is 4. The lowest BCUT2D eigenvalue weighted by molar-refractivity contribution is -0.570. The van der Waals surface area contributed by atoms with E-state index in [0.717, 1.165) is 0 Å². The van der Waals surface area contributed by atoms with Crippen molar-refractivity contribution in [3.8, 4) is 0 Å². The zero-order valence-corrected chi connectivity index (χ0v) is 10.0. The predicted molar refractivity (Wildman–Crippen MR) is 55.0 cm³/mol. The van der Waals surface area contributed by atoms with Gasteiger partial charge >= 0.3 is 6.18 Å². The highest BCUT2D eigenvalue weighted by Gasteiger charge is 2.62. The molecule has 0 bridgehead atoms. The fourth-order valence-corrected chi connectivity index (χ4v) is 2.92. The summed E-state index contributed by atoms with van der Waals surface area (Å²) in [7, 11) is 0. The molecule has 0 aliphatic heterocycles. The van der Waals surface area contributed by atoms with Crippen LogP contribution in [0.1, 0.15) is 6.42 Å². The van der Waals surface area contributed by atoms with Gasteiger partial charge in [0.2, 0.25) is 6.04 Å². The molecule has 1 aliphatic carbocycles. The summed E-state index contributed by atoms with van der Waals surface area (Å²) < 4.78 is 37.9. The summed E-state index contributed by atoms with van der Waals surface area (Å²) in [6.45, 7) is 0. The summed E-state index contributed by atoms with van der Waals surface area (Å²) in [5.41, 5.74) is 0. The van der Waals surface area contributed by atoms with Gasteiger partial charge in [-0.2, -0.15) is 13.2 Å². The van der Waals surface area contributed by atoms with Crippen LogP contribution in [-0.2, 0) is 0 Å². The van der Waals surface area contributed by atoms with E-state index in [2.05, 4.69) is 0 Å². The maximum atomic E-state index is 12.6. The Morgan fingerprint density at radius 3 is 1.89 bits per heavy atom. The van der Waals surface area contributed by atoms with Gasteiger partial charge in [-0.15, -0.1) is 23.2 Å². The minimum Gasteiger partial charge on any atom is -0.264 e. The van der Waals surface area contributed by atoms with Crippen molar-refractivity contribution in [1.82, 2.24) is 0 Å². The first-order valence-electron chi connectivity index (χ1n) is 4.69. The summed E-state index contributed by atoms with van der Waals surface area (Å²) in [4.78, 5) is 19.1. The number of hydrogen-bond donors (Lipinski definition) is 0. The van der Waals surface area contributed by atoms with Crippen molar-refractivity contribution in [2.45, 2.75) is 35.4 Å². The van der Waals surface area contributed by atoms with Gasteiger partial charge in [0, 0.05) is 16.3 Å². The van der Waals surface area contributed by atoms with Gasteiger partial charge in [0.25, 0.3) is 6.04 Å². The molecule has 5 unspecified atom stereocenters. The van der Waals surface area contributed by atoms with Gasteiger partial charge in [0.05, 0.1) is 5.92 Å². The molecule has 0 heterocycles. The summed E-state index contributed by atoms with van der Waals surface area (Å²) in [5, 5.41) is 17.7. The van der Waals surface area contributed by atoms with Gasteiger partial charge in [-0.25, -0.2) is 0 Å². The molecule has 0 aromatic rings. The number of nitrogens with zero attached hydrogens (tertiary/aromatic N) is 2. The molecule has 0 N–H and O–H groups in total. The largest absolute Gasteiger partial charge is 0.393 e. The van der Waals surface area contributed by atoms with E-state index in [1.54, 1.807) is 0 Å². The minimum atomic E-state index is -4.84. The Kier molecular flexibility index (Phi) is 4.26. The second-order valence-electron chi connectivity index (χ2n) is 3.90. The van der Waals surface area contributed by atoms with Crippen LogP contribution in [0.2, 0.25) is 0 Å². The molecule has 1 rings (SSSR count). The molecule has 0 spiro atoms. The standard InChI is InChI=1S/C7H7Cl2F3N2O4/c8-4-2(7(10,11)12)1-3(13(15)16)5(9)6(4)14(17)18/h2-6H,1H2. The van der Waals surface area contributed by atoms with Crippen molar-refractivity contribution in [1.29, 1.82) is 0 Å². The Labute approximate surface area is 108 Å². The van der Waals surface area contributed by atoms with Gasteiger partial charge in [-0.05, 0) is 0 Å². The fraction of sp³-hybridized carbons (Fsp3) is 1.00. The SMILES string of the molecule is O=[N+]([O-])C1CC(C(F)(F)F)C(Cl)C([N+](=O)[O-])C1Cl. The van der Waals surface area contributed by atoms with Crippen LogP contribution in [0.15, 0.2) is 0 Å². The maximum absolute atomic E-state index is 12.6. The molecule has 0 aromatic carbocycles. The van der Waals surface area contributed by atoms with E-state index < -0.39 is 51.2 Å². The predicted octanol–water partition coefficient (Wildman–Crippen LogP) is 2.07. The Balaban J connectivity index is 3.12. The zero-order chi connectivity index (χ0) is 14.2. The second-order valence-corrected chi connectivity index (χ2v) is 4.91. The third-order valence-electron chi connectivity index (χ3n) is 2.83. The van der Waals surface area contributed by atoms with Gasteiger partial charge in [0.1, 0.15) is 5.38 Å².